The van der Waals surface area contributed by atoms with Crippen LogP contribution in [0.2, 0.25) is 0 Å². The fraction of sp³-hybridized carbons (Fsp3) is 0.276. The first-order valence-electron chi connectivity index (χ1n) is 21.8. The first-order valence-corrected chi connectivity index (χ1v) is 21.8. The van der Waals surface area contributed by atoms with Gasteiger partial charge in [-0.15, -0.1) is 0 Å². The van der Waals surface area contributed by atoms with Gasteiger partial charge in [0.1, 0.15) is 0 Å². The number of aryl methyl sites for hydroxylation is 10. The molecular weight excluding hydrogens is 725 g/mol. The number of benzene rings is 7. The second-order valence-corrected chi connectivity index (χ2v) is 19.3. The fourth-order valence-corrected chi connectivity index (χ4v) is 10.2. The highest BCUT2D eigenvalue weighted by atomic mass is 15.1. The third kappa shape index (κ3) is 6.05. The number of nitrogens with zero attached hydrogens (tertiary/aromatic N) is 2. The summed E-state index contributed by atoms with van der Waals surface area (Å²) in [6, 6.07) is 42.5. The molecule has 302 valence electrons. The number of anilines is 6. The molecule has 0 unspecified atom stereocenters. The molecule has 0 spiro atoms. The molecule has 60 heavy (non-hydrogen) atoms. The maximum Gasteiger partial charge on any atom is 0.0467 e. The van der Waals surface area contributed by atoms with Gasteiger partial charge in [0.15, 0.2) is 0 Å². The van der Waals surface area contributed by atoms with Gasteiger partial charge in [0, 0.05) is 45.0 Å². The van der Waals surface area contributed by atoms with Crippen molar-refractivity contribution in [3.8, 4) is 22.3 Å². The maximum absolute atomic E-state index is 2.57. The average molecular weight is 785 g/mol. The third-order valence-corrected chi connectivity index (χ3v) is 14.5. The number of hydrogen-bond acceptors (Lipinski definition) is 2. The van der Waals surface area contributed by atoms with Gasteiger partial charge < -0.3 is 9.80 Å². The predicted molar refractivity (Wildman–Crippen MR) is 258 cm³/mol. The van der Waals surface area contributed by atoms with Crippen LogP contribution in [0.3, 0.4) is 0 Å². The Kier molecular flexibility index (Phi) is 9.14. The highest BCUT2D eigenvalue weighted by Gasteiger charge is 2.43. The molecule has 2 aliphatic carbocycles. The maximum atomic E-state index is 2.57. The molecule has 7 aromatic rings. The highest BCUT2D eigenvalue weighted by molar-refractivity contribution is 5.94. The summed E-state index contributed by atoms with van der Waals surface area (Å²) < 4.78 is 0. The largest absolute Gasteiger partial charge is 0.310 e. The first kappa shape index (κ1) is 39.6. The number of rotatable bonds is 6. The van der Waals surface area contributed by atoms with Crippen LogP contribution in [0.15, 0.2) is 109 Å². The summed E-state index contributed by atoms with van der Waals surface area (Å²) in [5, 5.41) is 0. The normalized spacial score (nSPS) is 14.1. The monoisotopic (exact) mass is 784 g/mol. The van der Waals surface area contributed by atoms with E-state index in [9.17, 15) is 0 Å². The smallest absolute Gasteiger partial charge is 0.0467 e. The minimum Gasteiger partial charge on any atom is -0.310 e. The molecule has 0 fully saturated rings. The van der Waals surface area contributed by atoms with E-state index in [2.05, 4.69) is 216 Å². The Hall–Kier alpha value is -5.86. The van der Waals surface area contributed by atoms with Crippen molar-refractivity contribution in [2.75, 3.05) is 9.80 Å². The van der Waals surface area contributed by atoms with Crippen molar-refractivity contribution < 1.29 is 0 Å². The van der Waals surface area contributed by atoms with Gasteiger partial charge >= 0.3 is 0 Å². The van der Waals surface area contributed by atoms with E-state index in [1.807, 2.05) is 0 Å². The van der Waals surface area contributed by atoms with Crippen molar-refractivity contribution in [2.24, 2.45) is 0 Å². The minimum absolute atomic E-state index is 0.192. The van der Waals surface area contributed by atoms with E-state index in [-0.39, 0.29) is 10.8 Å². The molecule has 0 saturated heterocycles. The lowest BCUT2D eigenvalue weighted by Gasteiger charge is -2.30. The molecule has 0 heterocycles. The van der Waals surface area contributed by atoms with Crippen LogP contribution in [0, 0.1) is 69.2 Å². The van der Waals surface area contributed by atoms with Gasteiger partial charge in [-0.3, -0.25) is 0 Å². The highest BCUT2D eigenvalue weighted by Crippen LogP contribution is 2.59. The van der Waals surface area contributed by atoms with E-state index in [1.165, 1.54) is 134 Å². The van der Waals surface area contributed by atoms with E-state index in [4.69, 9.17) is 0 Å². The molecule has 0 aliphatic heterocycles. The Balaban J connectivity index is 1.19. The van der Waals surface area contributed by atoms with E-state index in [1.54, 1.807) is 0 Å². The molecule has 0 N–H and O–H groups in total. The molecule has 0 bridgehead atoms. The molecule has 0 saturated carbocycles. The summed E-state index contributed by atoms with van der Waals surface area (Å²) in [7, 11) is 0. The molecule has 2 aliphatic rings. The zero-order valence-electron chi connectivity index (χ0n) is 38.3. The lowest BCUT2D eigenvalue weighted by Crippen LogP contribution is -2.18. The van der Waals surface area contributed by atoms with Gasteiger partial charge in [0.05, 0.1) is 0 Å². The lowest BCUT2D eigenvalue weighted by atomic mass is 9.79. The summed E-state index contributed by atoms with van der Waals surface area (Å²) in [5.74, 6) is 0. The topological polar surface area (TPSA) is 6.48 Å². The van der Waals surface area contributed by atoms with Gasteiger partial charge in [-0.1, -0.05) is 52.0 Å². The fourth-order valence-electron chi connectivity index (χ4n) is 10.2. The van der Waals surface area contributed by atoms with E-state index >= 15 is 0 Å². The van der Waals surface area contributed by atoms with E-state index in [0.29, 0.717) is 0 Å². The zero-order valence-corrected chi connectivity index (χ0v) is 38.3. The standard InChI is InChI=1S/C58H60N2/c1-33-15-19-43(23-37(33)5)59(44-20-16-34(2)38(6)24-44)47-27-41(9)55-49-31-52-50(32-51(49)57(11,12)53(55)29-47)56-42(10)28-48(30-54(56)58(52,13)14)60(45-21-17-35(3)39(7)25-45)46-22-18-36(4)40(8)26-46/h15-32H,1-14H3. The second kappa shape index (κ2) is 13.8. The van der Waals surface area contributed by atoms with Crippen LogP contribution in [0.5, 0.6) is 0 Å². The molecule has 0 radical (unpaired) electrons. The van der Waals surface area contributed by atoms with Crippen molar-refractivity contribution in [3.05, 3.63) is 187 Å². The summed E-state index contributed by atoms with van der Waals surface area (Å²) >= 11 is 0. The van der Waals surface area contributed by atoms with Crippen molar-refractivity contribution in [2.45, 2.75) is 108 Å². The van der Waals surface area contributed by atoms with Crippen LogP contribution in [0.25, 0.3) is 22.3 Å². The minimum atomic E-state index is -0.192. The molecule has 2 nitrogen and oxygen atoms in total. The van der Waals surface area contributed by atoms with Crippen LogP contribution in [0.4, 0.5) is 34.1 Å². The Labute approximate surface area is 359 Å². The molecule has 2 heteroatoms. The summed E-state index contributed by atoms with van der Waals surface area (Å²) in [6.07, 6.45) is 0. The number of hydrogen-bond donors (Lipinski definition) is 0. The molecule has 0 aromatic heterocycles. The van der Waals surface area contributed by atoms with Crippen LogP contribution in [-0.2, 0) is 10.8 Å². The molecule has 0 atom stereocenters. The molecule has 7 aromatic carbocycles. The van der Waals surface area contributed by atoms with Crippen molar-refractivity contribution in [1.82, 2.24) is 0 Å². The molecular formula is C58H60N2. The Bertz CT molecular complexity index is 2630. The van der Waals surface area contributed by atoms with Crippen LogP contribution in [-0.4, -0.2) is 0 Å². The lowest BCUT2D eigenvalue weighted by molar-refractivity contribution is 0.652. The van der Waals surface area contributed by atoms with Gasteiger partial charge in [0.25, 0.3) is 0 Å². The summed E-state index contributed by atoms with van der Waals surface area (Å²) in [5.41, 5.74) is 31.0. The van der Waals surface area contributed by atoms with Crippen LogP contribution in [0.1, 0.15) is 106 Å². The number of fused-ring (bicyclic) bond motifs is 6. The van der Waals surface area contributed by atoms with Crippen molar-refractivity contribution >= 4 is 34.1 Å². The average Bonchev–Trinajstić information content (AvgIpc) is 3.56. The quantitative estimate of drug-likeness (QED) is 0.166. The van der Waals surface area contributed by atoms with Gasteiger partial charge in [-0.25, -0.2) is 0 Å². The first-order chi connectivity index (χ1) is 28.4. The zero-order chi connectivity index (χ0) is 42.7. The van der Waals surface area contributed by atoms with E-state index < -0.39 is 0 Å². The summed E-state index contributed by atoms with van der Waals surface area (Å²) in [6.45, 7) is 32.1. The Morgan fingerprint density at radius 3 is 0.800 bits per heavy atom. The van der Waals surface area contributed by atoms with Gasteiger partial charge in [-0.05, 0) is 254 Å². The van der Waals surface area contributed by atoms with Crippen molar-refractivity contribution in [3.63, 3.8) is 0 Å². The van der Waals surface area contributed by atoms with Crippen LogP contribution < -0.4 is 9.80 Å². The van der Waals surface area contributed by atoms with Gasteiger partial charge in [-0.2, -0.15) is 0 Å². The van der Waals surface area contributed by atoms with Crippen molar-refractivity contribution in [1.29, 1.82) is 0 Å². The Morgan fingerprint density at radius 1 is 0.267 bits per heavy atom. The van der Waals surface area contributed by atoms with E-state index in [0.717, 1.165) is 0 Å². The third-order valence-electron chi connectivity index (χ3n) is 14.5. The van der Waals surface area contributed by atoms with Gasteiger partial charge in [0.2, 0.25) is 0 Å². The molecule has 9 rings (SSSR count). The second-order valence-electron chi connectivity index (χ2n) is 19.3. The predicted octanol–water partition coefficient (Wildman–Crippen LogP) is 16.3. The molecule has 0 amide bonds. The SMILES string of the molecule is Cc1ccc(N(c2ccc(C)c(C)c2)c2cc(C)c3c(c2)C(C)(C)c2cc4c(cc2-3)C(C)(C)c2cc(N(c3ccc(C)c(C)c3)c3ccc(C)c(C)c3)cc(C)c2-4)cc1C. The Morgan fingerprint density at radius 2 is 0.533 bits per heavy atom. The van der Waals surface area contributed by atoms with Crippen LogP contribution >= 0.6 is 0 Å². The summed E-state index contributed by atoms with van der Waals surface area (Å²) in [4.78, 5) is 4.93.